The summed E-state index contributed by atoms with van der Waals surface area (Å²) in [5, 5.41) is 10.9. The number of aromatic hydroxyl groups is 1. The molecule has 31 heavy (non-hydrogen) atoms. The molecule has 2 aliphatic rings. The molecule has 0 bridgehead atoms. The molecule has 0 aliphatic heterocycles. The summed E-state index contributed by atoms with van der Waals surface area (Å²) in [4.78, 5) is 30.9. The van der Waals surface area contributed by atoms with Gasteiger partial charge in [-0.2, -0.15) is 0 Å². The monoisotopic (exact) mass is 447 g/mol. The number of hydrogen-bond donors (Lipinski definition) is 1. The molecule has 2 aromatic rings. The average Bonchev–Trinajstić information content (AvgIpc) is 2.77. The van der Waals surface area contributed by atoms with Gasteiger partial charge < -0.3 is 5.11 Å². The van der Waals surface area contributed by atoms with E-state index in [1.54, 1.807) is 0 Å². The normalized spacial score (nSPS) is 18.6. The van der Waals surface area contributed by atoms with Crippen LogP contribution in [0, 0.1) is 5.82 Å². The summed E-state index contributed by atoms with van der Waals surface area (Å²) in [6, 6.07) is 3.67. The third kappa shape index (κ3) is 4.47. The van der Waals surface area contributed by atoms with Crippen LogP contribution in [0.25, 0.3) is 0 Å². The van der Waals surface area contributed by atoms with Crippen LogP contribution in [0.5, 0.6) is 5.88 Å². The van der Waals surface area contributed by atoms with Crippen molar-refractivity contribution >= 4 is 23.5 Å². The number of aromatic nitrogens is 2. The maximum atomic E-state index is 13.4. The molecule has 2 aliphatic carbocycles. The Hall–Kier alpha value is -2.41. The maximum absolute atomic E-state index is 13.4. The molecule has 2 fully saturated rings. The zero-order chi connectivity index (χ0) is 22.0. The van der Waals surface area contributed by atoms with Crippen LogP contribution in [-0.2, 0) is 0 Å². The van der Waals surface area contributed by atoms with E-state index in [-0.39, 0.29) is 28.5 Å². The van der Waals surface area contributed by atoms with Crippen molar-refractivity contribution in [2.75, 3.05) is 0 Å². The molecule has 2 saturated carbocycles. The minimum Gasteiger partial charge on any atom is -0.494 e. The van der Waals surface area contributed by atoms with E-state index in [2.05, 4.69) is 4.99 Å². The standard InChI is InChI=1S/C23H27ClFN3O3/c24-19-13-15(11-12-20(19)25)26-14-18-21(29)27(16-7-3-1-4-8-16)23(31)28(22(18)30)17-9-5-2-6-10-17/h11-14,16-17,29H,1-10H2. The summed E-state index contributed by atoms with van der Waals surface area (Å²) in [6.45, 7) is 0. The van der Waals surface area contributed by atoms with Crippen molar-refractivity contribution < 1.29 is 9.50 Å². The van der Waals surface area contributed by atoms with Gasteiger partial charge in [0.1, 0.15) is 11.4 Å². The number of halogens is 2. The molecule has 0 unspecified atom stereocenters. The van der Waals surface area contributed by atoms with Crippen molar-refractivity contribution in [3.63, 3.8) is 0 Å². The molecule has 1 aromatic carbocycles. The highest BCUT2D eigenvalue weighted by Gasteiger charge is 2.28. The van der Waals surface area contributed by atoms with Crippen LogP contribution in [-0.4, -0.2) is 20.5 Å². The summed E-state index contributed by atoms with van der Waals surface area (Å²) < 4.78 is 16.2. The molecule has 166 valence electrons. The van der Waals surface area contributed by atoms with E-state index in [1.165, 1.54) is 33.5 Å². The van der Waals surface area contributed by atoms with Gasteiger partial charge in [0.2, 0.25) is 5.88 Å². The predicted octanol–water partition coefficient (Wildman–Crippen LogP) is 5.27. The maximum Gasteiger partial charge on any atom is 0.334 e. The Morgan fingerprint density at radius 2 is 1.55 bits per heavy atom. The lowest BCUT2D eigenvalue weighted by molar-refractivity contribution is 0.271. The molecule has 1 N–H and O–H groups in total. The first kappa shape index (κ1) is 21.8. The second-order valence-electron chi connectivity index (χ2n) is 8.51. The van der Waals surface area contributed by atoms with Gasteiger partial charge in [-0.25, -0.2) is 9.18 Å². The Balaban J connectivity index is 1.84. The van der Waals surface area contributed by atoms with Crippen LogP contribution in [0.15, 0.2) is 32.8 Å². The molecular formula is C23H27ClFN3O3. The van der Waals surface area contributed by atoms with Gasteiger partial charge in [0.15, 0.2) is 0 Å². The Morgan fingerprint density at radius 3 is 2.13 bits per heavy atom. The number of hydrogen-bond acceptors (Lipinski definition) is 4. The summed E-state index contributed by atoms with van der Waals surface area (Å²) >= 11 is 5.82. The molecule has 4 rings (SSSR count). The minimum atomic E-state index is -0.561. The van der Waals surface area contributed by atoms with Gasteiger partial charge in [0.05, 0.1) is 10.7 Å². The predicted molar refractivity (Wildman–Crippen MR) is 120 cm³/mol. The Bertz CT molecular complexity index is 1100. The molecule has 0 atom stereocenters. The fourth-order valence-electron chi connectivity index (χ4n) is 4.80. The molecule has 0 amide bonds. The second-order valence-corrected chi connectivity index (χ2v) is 8.91. The van der Waals surface area contributed by atoms with Gasteiger partial charge in [-0.3, -0.25) is 18.9 Å². The first-order valence-corrected chi connectivity index (χ1v) is 11.4. The minimum absolute atomic E-state index is 0.0174. The second kappa shape index (κ2) is 9.39. The highest BCUT2D eigenvalue weighted by molar-refractivity contribution is 6.31. The topological polar surface area (TPSA) is 76.6 Å². The van der Waals surface area contributed by atoms with Gasteiger partial charge in [0, 0.05) is 18.3 Å². The van der Waals surface area contributed by atoms with Crippen molar-refractivity contribution in [2.24, 2.45) is 4.99 Å². The SMILES string of the molecule is O=c1c(C=Nc2ccc(F)c(Cl)c2)c(O)n(C2CCCCC2)c(=O)n1C1CCCCC1. The van der Waals surface area contributed by atoms with E-state index in [1.807, 2.05) is 0 Å². The lowest BCUT2D eigenvalue weighted by atomic mass is 9.94. The number of benzene rings is 1. The van der Waals surface area contributed by atoms with E-state index in [4.69, 9.17) is 11.6 Å². The fraction of sp³-hybridized carbons (Fsp3) is 0.522. The molecule has 0 spiro atoms. The molecule has 1 heterocycles. The van der Waals surface area contributed by atoms with Crippen molar-refractivity contribution in [1.29, 1.82) is 0 Å². The summed E-state index contributed by atoms with van der Waals surface area (Å²) in [7, 11) is 0. The van der Waals surface area contributed by atoms with Crippen LogP contribution in [0.2, 0.25) is 5.02 Å². The van der Waals surface area contributed by atoms with Crippen molar-refractivity contribution in [1.82, 2.24) is 9.13 Å². The Morgan fingerprint density at radius 1 is 0.968 bits per heavy atom. The molecular weight excluding hydrogens is 421 g/mol. The fourth-order valence-corrected chi connectivity index (χ4v) is 4.97. The van der Waals surface area contributed by atoms with Gasteiger partial charge in [-0.05, 0) is 43.9 Å². The first-order chi connectivity index (χ1) is 15.0. The number of nitrogens with zero attached hydrogens (tertiary/aromatic N) is 3. The van der Waals surface area contributed by atoms with Crippen molar-refractivity contribution in [3.05, 3.63) is 55.4 Å². The smallest absolute Gasteiger partial charge is 0.334 e. The van der Waals surface area contributed by atoms with Crippen molar-refractivity contribution in [2.45, 2.75) is 76.3 Å². The molecule has 1 aromatic heterocycles. The van der Waals surface area contributed by atoms with Crippen LogP contribution < -0.4 is 11.2 Å². The lowest BCUT2D eigenvalue weighted by Crippen LogP contribution is -2.45. The van der Waals surface area contributed by atoms with Gasteiger partial charge in [0.25, 0.3) is 5.56 Å². The van der Waals surface area contributed by atoms with Crippen LogP contribution in [0.1, 0.15) is 81.9 Å². The van der Waals surface area contributed by atoms with E-state index in [0.717, 1.165) is 64.2 Å². The third-order valence-corrected chi connectivity index (χ3v) is 6.75. The third-order valence-electron chi connectivity index (χ3n) is 6.46. The van der Waals surface area contributed by atoms with E-state index >= 15 is 0 Å². The summed E-state index contributed by atoms with van der Waals surface area (Å²) in [5.74, 6) is -0.903. The zero-order valence-corrected chi connectivity index (χ0v) is 18.2. The molecule has 6 nitrogen and oxygen atoms in total. The average molecular weight is 448 g/mol. The van der Waals surface area contributed by atoms with Crippen LogP contribution in [0.3, 0.4) is 0 Å². The van der Waals surface area contributed by atoms with Gasteiger partial charge in [-0.1, -0.05) is 50.1 Å². The zero-order valence-electron chi connectivity index (χ0n) is 17.4. The quantitative estimate of drug-likeness (QED) is 0.648. The first-order valence-electron chi connectivity index (χ1n) is 11.1. The summed E-state index contributed by atoms with van der Waals surface area (Å²) in [6.07, 6.45) is 10.5. The Kier molecular flexibility index (Phi) is 6.60. The van der Waals surface area contributed by atoms with Crippen molar-refractivity contribution in [3.8, 4) is 5.88 Å². The van der Waals surface area contributed by atoms with E-state index in [0.29, 0.717) is 5.69 Å². The van der Waals surface area contributed by atoms with E-state index < -0.39 is 17.1 Å². The van der Waals surface area contributed by atoms with Gasteiger partial charge >= 0.3 is 5.69 Å². The molecule has 0 saturated heterocycles. The van der Waals surface area contributed by atoms with E-state index in [9.17, 15) is 19.1 Å². The molecule has 0 radical (unpaired) electrons. The van der Waals surface area contributed by atoms with Crippen LogP contribution >= 0.6 is 11.6 Å². The highest BCUT2D eigenvalue weighted by atomic mass is 35.5. The lowest BCUT2D eigenvalue weighted by Gasteiger charge is -2.29. The number of rotatable bonds is 4. The largest absolute Gasteiger partial charge is 0.494 e. The number of aliphatic imine (C=N–C) groups is 1. The van der Waals surface area contributed by atoms with Gasteiger partial charge in [-0.15, -0.1) is 0 Å². The highest BCUT2D eigenvalue weighted by Crippen LogP contribution is 2.32. The molecule has 8 heteroatoms. The summed E-state index contributed by atoms with van der Waals surface area (Å²) in [5.41, 5.74) is -0.622. The Labute approximate surface area is 185 Å². The van der Waals surface area contributed by atoms with Crippen LogP contribution in [0.4, 0.5) is 10.1 Å².